The quantitative estimate of drug-likeness (QED) is 0.579. The van der Waals surface area contributed by atoms with Gasteiger partial charge in [-0.15, -0.1) is 10.2 Å². The van der Waals surface area contributed by atoms with Crippen LogP contribution in [0.1, 0.15) is 25.0 Å². The van der Waals surface area contributed by atoms with Crippen molar-refractivity contribution >= 4 is 11.8 Å². The third kappa shape index (κ3) is 3.86. The molecule has 3 aromatic rings. The van der Waals surface area contributed by atoms with Gasteiger partial charge in [-0.25, -0.2) is 4.39 Å². The number of rotatable bonds is 6. The Kier molecular flexibility index (Phi) is 5.18. The van der Waals surface area contributed by atoms with Crippen molar-refractivity contribution in [3.05, 3.63) is 47.5 Å². The summed E-state index contributed by atoms with van der Waals surface area (Å²) in [5.41, 5.74) is 1.52. The lowest BCUT2D eigenvalue weighted by atomic mass is 10.1. The normalized spacial score (nSPS) is 13.6. The minimum atomic E-state index is -0.293. The van der Waals surface area contributed by atoms with Crippen molar-refractivity contribution < 1.29 is 18.3 Å². The molecule has 0 atom stereocenters. The Hall–Kier alpha value is -2.32. The van der Waals surface area contributed by atoms with Crippen LogP contribution in [0.2, 0.25) is 0 Å². The molecule has 8 heteroatoms. The average Bonchev–Trinajstić information content (AvgIpc) is 3.29. The van der Waals surface area contributed by atoms with Crippen molar-refractivity contribution in [1.82, 2.24) is 14.8 Å². The molecule has 1 aliphatic rings. The van der Waals surface area contributed by atoms with Gasteiger partial charge in [-0.1, -0.05) is 25.6 Å². The SMILES string of the molecule is CC(C)Cn1c(SCc2cc(F)cc3c2OCOC3)nnc1-c1ccco1. The van der Waals surface area contributed by atoms with Crippen LogP contribution in [-0.4, -0.2) is 21.6 Å². The van der Waals surface area contributed by atoms with Gasteiger partial charge in [-0.2, -0.15) is 0 Å². The first kappa shape index (κ1) is 18.1. The number of furan rings is 1. The van der Waals surface area contributed by atoms with Crippen molar-refractivity contribution in [1.29, 1.82) is 0 Å². The van der Waals surface area contributed by atoms with E-state index >= 15 is 0 Å². The molecule has 0 fully saturated rings. The van der Waals surface area contributed by atoms with Crippen molar-refractivity contribution in [2.45, 2.75) is 37.9 Å². The number of hydrogen-bond acceptors (Lipinski definition) is 6. The fraction of sp³-hybridized carbons (Fsp3) is 0.368. The van der Waals surface area contributed by atoms with Crippen LogP contribution in [0.5, 0.6) is 5.75 Å². The van der Waals surface area contributed by atoms with E-state index in [0.29, 0.717) is 35.6 Å². The van der Waals surface area contributed by atoms with E-state index < -0.39 is 0 Å². The predicted molar refractivity (Wildman–Crippen MR) is 98.8 cm³/mol. The number of nitrogens with zero attached hydrogens (tertiary/aromatic N) is 3. The van der Waals surface area contributed by atoms with Crippen molar-refractivity contribution in [3.8, 4) is 17.3 Å². The third-order valence-electron chi connectivity index (χ3n) is 4.11. The van der Waals surface area contributed by atoms with E-state index in [0.717, 1.165) is 22.8 Å². The number of ether oxygens (including phenoxy) is 2. The predicted octanol–water partition coefficient (Wildman–Crippen LogP) is 4.49. The number of fused-ring (bicyclic) bond motifs is 1. The van der Waals surface area contributed by atoms with E-state index in [9.17, 15) is 4.39 Å². The molecule has 1 aromatic carbocycles. The Morgan fingerprint density at radius 1 is 1.30 bits per heavy atom. The van der Waals surface area contributed by atoms with E-state index in [-0.39, 0.29) is 12.6 Å². The minimum Gasteiger partial charge on any atom is -0.467 e. The van der Waals surface area contributed by atoms with Crippen LogP contribution in [0, 0.1) is 11.7 Å². The van der Waals surface area contributed by atoms with Gasteiger partial charge in [-0.05, 0) is 30.2 Å². The van der Waals surface area contributed by atoms with E-state index in [2.05, 4.69) is 24.0 Å². The summed E-state index contributed by atoms with van der Waals surface area (Å²) >= 11 is 1.50. The first-order valence-electron chi connectivity index (χ1n) is 8.73. The van der Waals surface area contributed by atoms with Gasteiger partial charge in [0.1, 0.15) is 11.6 Å². The highest BCUT2D eigenvalue weighted by Crippen LogP contribution is 2.34. The average molecular weight is 389 g/mol. The smallest absolute Gasteiger partial charge is 0.200 e. The molecule has 3 heterocycles. The lowest BCUT2D eigenvalue weighted by Gasteiger charge is -2.20. The number of aromatic nitrogens is 3. The summed E-state index contributed by atoms with van der Waals surface area (Å²) in [6.45, 7) is 5.57. The molecule has 142 valence electrons. The number of benzene rings is 1. The Morgan fingerprint density at radius 2 is 2.19 bits per heavy atom. The van der Waals surface area contributed by atoms with Crippen LogP contribution < -0.4 is 4.74 Å². The molecule has 0 unspecified atom stereocenters. The highest BCUT2D eigenvalue weighted by molar-refractivity contribution is 7.98. The Morgan fingerprint density at radius 3 is 2.96 bits per heavy atom. The Balaban J connectivity index is 1.61. The van der Waals surface area contributed by atoms with Gasteiger partial charge in [0.05, 0.1) is 12.9 Å². The molecule has 0 aliphatic carbocycles. The molecule has 0 amide bonds. The van der Waals surface area contributed by atoms with E-state index in [1.165, 1.54) is 23.9 Å². The van der Waals surface area contributed by atoms with Crippen molar-refractivity contribution in [2.24, 2.45) is 5.92 Å². The summed E-state index contributed by atoms with van der Waals surface area (Å²) in [6.07, 6.45) is 1.62. The number of thioether (sulfide) groups is 1. The second kappa shape index (κ2) is 7.74. The summed E-state index contributed by atoms with van der Waals surface area (Å²) in [4.78, 5) is 0. The van der Waals surface area contributed by atoms with Crippen LogP contribution in [0.4, 0.5) is 4.39 Å². The number of halogens is 1. The molecule has 4 rings (SSSR count). The van der Waals surface area contributed by atoms with Gasteiger partial charge >= 0.3 is 0 Å². The van der Waals surface area contributed by atoms with Gasteiger partial charge in [-0.3, -0.25) is 4.57 Å². The molecule has 27 heavy (non-hydrogen) atoms. The van der Waals surface area contributed by atoms with Gasteiger partial charge < -0.3 is 13.9 Å². The van der Waals surface area contributed by atoms with Gasteiger partial charge in [0.2, 0.25) is 0 Å². The zero-order valence-corrected chi connectivity index (χ0v) is 16.0. The second-order valence-corrected chi connectivity index (χ2v) is 7.68. The zero-order chi connectivity index (χ0) is 18.8. The molecule has 0 saturated carbocycles. The maximum Gasteiger partial charge on any atom is 0.200 e. The summed E-state index contributed by atoms with van der Waals surface area (Å²) in [7, 11) is 0. The van der Waals surface area contributed by atoms with E-state index in [4.69, 9.17) is 13.9 Å². The third-order valence-corrected chi connectivity index (χ3v) is 5.13. The molecule has 0 saturated heterocycles. The monoisotopic (exact) mass is 389 g/mol. The zero-order valence-electron chi connectivity index (χ0n) is 15.1. The molecule has 1 aliphatic heterocycles. The fourth-order valence-electron chi connectivity index (χ4n) is 3.02. The standard InChI is InChI=1S/C19H20FN3O3S/c1-12(2)8-23-18(16-4-3-5-25-16)21-22-19(23)27-10-14-7-15(20)6-13-9-24-11-26-17(13)14/h3-7,12H,8-11H2,1-2H3. The largest absolute Gasteiger partial charge is 0.467 e. The Labute approximate surface area is 160 Å². The molecule has 0 spiro atoms. The van der Waals surface area contributed by atoms with Crippen LogP contribution in [0.15, 0.2) is 40.1 Å². The number of hydrogen-bond donors (Lipinski definition) is 0. The van der Waals surface area contributed by atoms with Crippen molar-refractivity contribution in [2.75, 3.05) is 6.79 Å². The maximum atomic E-state index is 14.0. The van der Waals surface area contributed by atoms with Crippen LogP contribution >= 0.6 is 11.8 Å². The molecular weight excluding hydrogens is 369 g/mol. The molecule has 0 N–H and O–H groups in total. The summed E-state index contributed by atoms with van der Waals surface area (Å²) in [5, 5.41) is 9.40. The first-order valence-corrected chi connectivity index (χ1v) is 9.72. The van der Waals surface area contributed by atoms with Crippen LogP contribution in [0.3, 0.4) is 0 Å². The van der Waals surface area contributed by atoms with Crippen LogP contribution in [-0.2, 0) is 23.6 Å². The molecule has 2 aromatic heterocycles. The van der Waals surface area contributed by atoms with Crippen molar-refractivity contribution in [3.63, 3.8) is 0 Å². The second-order valence-electron chi connectivity index (χ2n) is 6.74. The molecular formula is C19H20FN3O3S. The van der Waals surface area contributed by atoms with E-state index in [1.807, 2.05) is 16.7 Å². The molecule has 6 nitrogen and oxygen atoms in total. The Bertz CT molecular complexity index is 925. The van der Waals surface area contributed by atoms with E-state index in [1.54, 1.807) is 6.26 Å². The van der Waals surface area contributed by atoms with Gasteiger partial charge in [0.25, 0.3) is 0 Å². The topological polar surface area (TPSA) is 62.3 Å². The van der Waals surface area contributed by atoms with Gasteiger partial charge in [0, 0.05) is 23.4 Å². The molecule has 0 radical (unpaired) electrons. The highest BCUT2D eigenvalue weighted by atomic mass is 32.2. The summed E-state index contributed by atoms with van der Waals surface area (Å²) in [5.74, 6) is 2.72. The summed E-state index contributed by atoms with van der Waals surface area (Å²) in [6, 6.07) is 6.66. The van der Waals surface area contributed by atoms with Crippen LogP contribution in [0.25, 0.3) is 11.6 Å². The maximum absolute atomic E-state index is 14.0. The fourth-order valence-corrected chi connectivity index (χ4v) is 3.93. The highest BCUT2D eigenvalue weighted by Gasteiger charge is 2.20. The van der Waals surface area contributed by atoms with Gasteiger partial charge in [0.15, 0.2) is 23.5 Å². The minimum absolute atomic E-state index is 0.183. The summed E-state index contributed by atoms with van der Waals surface area (Å²) < 4.78 is 32.3. The lowest BCUT2D eigenvalue weighted by Crippen LogP contribution is -2.13. The molecule has 0 bridgehead atoms. The first-order chi connectivity index (χ1) is 13.1. The lowest BCUT2D eigenvalue weighted by molar-refractivity contribution is -0.0171.